The van der Waals surface area contributed by atoms with Gasteiger partial charge >= 0.3 is 0 Å². The van der Waals surface area contributed by atoms with Crippen LogP contribution in [0.2, 0.25) is 0 Å². The molecule has 0 fully saturated rings. The monoisotopic (exact) mass is 259 g/mol. The zero-order valence-electron chi connectivity index (χ0n) is 10.2. The molecule has 3 nitrogen and oxygen atoms in total. The molecule has 0 unspecified atom stereocenters. The van der Waals surface area contributed by atoms with Gasteiger partial charge in [-0.2, -0.15) is 0 Å². The maximum absolute atomic E-state index is 13.6. The Morgan fingerprint density at radius 2 is 1.95 bits per heavy atom. The quantitative estimate of drug-likeness (QED) is 0.658. The molecule has 19 heavy (non-hydrogen) atoms. The molecule has 0 atom stereocenters. The third kappa shape index (κ3) is 1.83. The number of aryl methyl sites for hydroxylation is 1. The molecule has 0 amide bonds. The number of rotatable bonds is 1. The summed E-state index contributed by atoms with van der Waals surface area (Å²) in [5, 5.41) is 0. The van der Waals surface area contributed by atoms with Gasteiger partial charge in [0, 0.05) is 11.3 Å². The van der Waals surface area contributed by atoms with Gasteiger partial charge in [-0.1, -0.05) is 0 Å². The first-order chi connectivity index (χ1) is 9.06. The Hall–Kier alpha value is -2.43. The molecule has 0 spiro atoms. The van der Waals surface area contributed by atoms with E-state index in [-0.39, 0.29) is 5.52 Å². The maximum Gasteiger partial charge on any atom is 0.186 e. The van der Waals surface area contributed by atoms with Crippen molar-refractivity contribution in [1.82, 2.24) is 9.97 Å². The molecule has 0 saturated heterocycles. The van der Waals surface area contributed by atoms with Gasteiger partial charge in [0.05, 0.1) is 5.52 Å². The third-order valence-electron chi connectivity index (χ3n) is 3.09. The van der Waals surface area contributed by atoms with Crippen molar-refractivity contribution in [2.45, 2.75) is 6.92 Å². The highest BCUT2D eigenvalue weighted by molar-refractivity contribution is 5.80. The summed E-state index contributed by atoms with van der Waals surface area (Å²) in [5.74, 6) is -1.35. The number of aromatic amines is 1. The number of nitrogen functional groups attached to an aromatic ring is 1. The first-order valence-electron chi connectivity index (χ1n) is 5.76. The Morgan fingerprint density at radius 1 is 1.16 bits per heavy atom. The van der Waals surface area contributed by atoms with E-state index >= 15 is 0 Å². The average molecular weight is 259 g/mol. The van der Waals surface area contributed by atoms with Crippen LogP contribution in [0.1, 0.15) is 5.56 Å². The van der Waals surface area contributed by atoms with E-state index in [0.717, 1.165) is 17.2 Å². The van der Waals surface area contributed by atoms with E-state index in [1.54, 1.807) is 12.1 Å². The number of anilines is 1. The van der Waals surface area contributed by atoms with Gasteiger partial charge in [-0.05, 0) is 42.8 Å². The number of hydrogen-bond donors (Lipinski definition) is 2. The van der Waals surface area contributed by atoms with E-state index in [1.807, 2.05) is 13.0 Å². The highest BCUT2D eigenvalue weighted by Gasteiger charge is 2.13. The first kappa shape index (κ1) is 11.6. The number of halogens is 2. The van der Waals surface area contributed by atoms with Gasteiger partial charge in [0.2, 0.25) is 0 Å². The summed E-state index contributed by atoms with van der Waals surface area (Å²) in [6.45, 7) is 1.88. The van der Waals surface area contributed by atoms with Gasteiger partial charge < -0.3 is 10.7 Å². The van der Waals surface area contributed by atoms with Crippen LogP contribution < -0.4 is 5.73 Å². The van der Waals surface area contributed by atoms with E-state index in [9.17, 15) is 8.78 Å². The molecular weight excluding hydrogens is 248 g/mol. The SMILES string of the molecule is Cc1cc(-c2nc3c(F)c(F)ccc3[nH]2)ccc1N. The second kappa shape index (κ2) is 4.05. The molecule has 0 aliphatic rings. The highest BCUT2D eigenvalue weighted by Crippen LogP contribution is 2.25. The number of aromatic nitrogens is 2. The third-order valence-corrected chi connectivity index (χ3v) is 3.09. The van der Waals surface area contributed by atoms with Crippen molar-refractivity contribution in [3.05, 3.63) is 47.5 Å². The van der Waals surface area contributed by atoms with Crippen molar-refractivity contribution >= 4 is 16.7 Å². The molecule has 0 aliphatic heterocycles. The molecule has 96 valence electrons. The molecule has 1 aromatic heterocycles. The molecule has 3 rings (SSSR count). The minimum absolute atomic E-state index is 0.00415. The van der Waals surface area contributed by atoms with Gasteiger partial charge in [0.25, 0.3) is 0 Å². The summed E-state index contributed by atoms with van der Waals surface area (Å²) in [5.41, 5.74) is 8.58. The number of nitrogens with zero attached hydrogens (tertiary/aromatic N) is 1. The van der Waals surface area contributed by atoms with Crippen LogP contribution in [0.5, 0.6) is 0 Å². The zero-order valence-corrected chi connectivity index (χ0v) is 10.2. The van der Waals surface area contributed by atoms with E-state index in [1.165, 1.54) is 6.07 Å². The Balaban J connectivity index is 2.20. The molecule has 0 saturated carbocycles. The minimum atomic E-state index is -0.938. The number of hydrogen-bond acceptors (Lipinski definition) is 2. The molecule has 3 aromatic rings. The molecule has 0 bridgehead atoms. The van der Waals surface area contributed by atoms with Crippen molar-refractivity contribution < 1.29 is 8.78 Å². The second-order valence-electron chi connectivity index (χ2n) is 4.41. The number of nitrogens with one attached hydrogen (secondary N) is 1. The molecule has 0 radical (unpaired) electrons. The van der Waals surface area contributed by atoms with Crippen molar-refractivity contribution in [3.8, 4) is 11.4 Å². The fraction of sp³-hybridized carbons (Fsp3) is 0.0714. The predicted octanol–water partition coefficient (Wildman–Crippen LogP) is 3.40. The van der Waals surface area contributed by atoms with E-state index in [2.05, 4.69) is 9.97 Å². The van der Waals surface area contributed by atoms with Crippen LogP contribution in [-0.2, 0) is 0 Å². The lowest BCUT2D eigenvalue weighted by atomic mass is 10.1. The standard InChI is InChI=1S/C14H11F2N3/c1-7-6-8(2-4-10(7)17)14-18-11-5-3-9(15)12(16)13(11)19-14/h2-6H,17H2,1H3,(H,18,19). The van der Waals surface area contributed by atoms with Gasteiger partial charge in [-0.15, -0.1) is 0 Å². The van der Waals surface area contributed by atoms with Crippen LogP contribution in [-0.4, -0.2) is 9.97 Å². The van der Waals surface area contributed by atoms with Crippen LogP contribution in [0.3, 0.4) is 0 Å². The van der Waals surface area contributed by atoms with Crippen molar-refractivity contribution in [1.29, 1.82) is 0 Å². The smallest absolute Gasteiger partial charge is 0.186 e. The topological polar surface area (TPSA) is 54.7 Å². The highest BCUT2D eigenvalue weighted by atomic mass is 19.2. The number of benzene rings is 2. The Labute approximate surface area is 108 Å². The van der Waals surface area contributed by atoms with E-state index in [0.29, 0.717) is 17.0 Å². The van der Waals surface area contributed by atoms with Gasteiger partial charge in [0.1, 0.15) is 11.3 Å². The summed E-state index contributed by atoms with van der Waals surface area (Å²) in [6.07, 6.45) is 0. The normalized spacial score (nSPS) is 11.1. The largest absolute Gasteiger partial charge is 0.399 e. The van der Waals surface area contributed by atoms with Gasteiger partial charge in [-0.25, -0.2) is 13.8 Å². The lowest BCUT2D eigenvalue weighted by Crippen LogP contribution is -1.90. The second-order valence-corrected chi connectivity index (χ2v) is 4.41. The number of nitrogens with two attached hydrogens (primary N) is 1. The van der Waals surface area contributed by atoms with Gasteiger partial charge in [-0.3, -0.25) is 0 Å². The van der Waals surface area contributed by atoms with E-state index < -0.39 is 11.6 Å². The molecule has 3 N–H and O–H groups in total. The molecule has 2 aromatic carbocycles. The van der Waals surface area contributed by atoms with Crippen LogP contribution in [0.15, 0.2) is 30.3 Å². The minimum Gasteiger partial charge on any atom is -0.399 e. The Bertz CT molecular complexity index is 778. The van der Waals surface area contributed by atoms with Crippen molar-refractivity contribution in [2.24, 2.45) is 0 Å². The lowest BCUT2D eigenvalue weighted by molar-refractivity contribution is 0.515. The summed E-state index contributed by atoms with van der Waals surface area (Å²) in [7, 11) is 0. The van der Waals surface area contributed by atoms with E-state index in [4.69, 9.17) is 5.73 Å². The number of H-pyrrole nitrogens is 1. The van der Waals surface area contributed by atoms with Crippen LogP contribution in [0.25, 0.3) is 22.4 Å². The van der Waals surface area contributed by atoms with Crippen molar-refractivity contribution in [2.75, 3.05) is 5.73 Å². The average Bonchev–Trinajstić information content (AvgIpc) is 2.82. The van der Waals surface area contributed by atoms with Crippen LogP contribution in [0, 0.1) is 18.6 Å². The number of imidazole rings is 1. The van der Waals surface area contributed by atoms with Gasteiger partial charge in [0.15, 0.2) is 11.6 Å². The maximum atomic E-state index is 13.6. The first-order valence-corrected chi connectivity index (χ1v) is 5.76. The predicted molar refractivity (Wildman–Crippen MR) is 70.6 cm³/mol. The Morgan fingerprint density at radius 3 is 2.68 bits per heavy atom. The zero-order chi connectivity index (χ0) is 13.6. The van der Waals surface area contributed by atoms with Crippen LogP contribution >= 0.6 is 0 Å². The molecule has 1 heterocycles. The summed E-state index contributed by atoms with van der Waals surface area (Å²) in [6, 6.07) is 7.94. The fourth-order valence-electron chi connectivity index (χ4n) is 1.98. The number of fused-ring (bicyclic) bond motifs is 1. The summed E-state index contributed by atoms with van der Waals surface area (Å²) < 4.78 is 26.7. The van der Waals surface area contributed by atoms with Crippen LogP contribution in [0.4, 0.5) is 14.5 Å². The summed E-state index contributed by atoms with van der Waals surface area (Å²) in [4.78, 5) is 7.07. The molecule has 5 heteroatoms. The lowest BCUT2D eigenvalue weighted by Gasteiger charge is -2.01. The molecular formula is C14H11F2N3. The summed E-state index contributed by atoms with van der Waals surface area (Å²) >= 11 is 0. The Kier molecular flexibility index (Phi) is 2.48. The molecule has 0 aliphatic carbocycles. The fourth-order valence-corrected chi connectivity index (χ4v) is 1.98. The van der Waals surface area contributed by atoms with Crippen molar-refractivity contribution in [3.63, 3.8) is 0 Å².